The third-order valence-corrected chi connectivity index (χ3v) is 4.52. The highest BCUT2D eigenvalue weighted by atomic mass is 19.3. The summed E-state index contributed by atoms with van der Waals surface area (Å²) >= 11 is 0. The lowest BCUT2D eigenvalue weighted by Gasteiger charge is -2.52. The van der Waals surface area contributed by atoms with Crippen molar-refractivity contribution in [2.24, 2.45) is 0 Å². The lowest BCUT2D eigenvalue weighted by atomic mass is 9.78. The first kappa shape index (κ1) is 15.1. The summed E-state index contributed by atoms with van der Waals surface area (Å²) in [5.41, 5.74) is 0.277. The molecule has 3 nitrogen and oxygen atoms in total. The third kappa shape index (κ3) is 4.10. The number of hydrogen-bond acceptors (Lipinski definition) is 3. The Balaban J connectivity index is 1.85. The van der Waals surface area contributed by atoms with Crippen LogP contribution in [-0.2, 0) is 4.74 Å². The van der Waals surface area contributed by atoms with E-state index in [9.17, 15) is 8.78 Å². The molecule has 0 radical (unpaired) electrons. The van der Waals surface area contributed by atoms with Crippen LogP contribution in [0.4, 0.5) is 8.78 Å². The first-order chi connectivity index (χ1) is 9.12. The second-order valence-electron chi connectivity index (χ2n) is 5.98. The zero-order chi connectivity index (χ0) is 13.7. The normalized spacial score (nSPS) is 25.3. The van der Waals surface area contributed by atoms with E-state index < -0.39 is 13.0 Å². The standard InChI is InChI=1S/C14H26F2N2O/c1-17-7-8-18(9-10-19-11-13(15)16)14(12-17)5-3-2-4-6-14/h13H,2-12H2,1H3. The summed E-state index contributed by atoms with van der Waals surface area (Å²) in [6.07, 6.45) is 4.06. The summed E-state index contributed by atoms with van der Waals surface area (Å²) in [6.45, 7) is 4.00. The van der Waals surface area contributed by atoms with Crippen molar-refractivity contribution >= 4 is 0 Å². The maximum absolute atomic E-state index is 12.1. The Hall–Kier alpha value is -0.260. The molecule has 2 fully saturated rings. The van der Waals surface area contributed by atoms with Gasteiger partial charge in [-0.25, -0.2) is 8.78 Å². The summed E-state index contributed by atoms with van der Waals surface area (Å²) in [6, 6.07) is 0. The van der Waals surface area contributed by atoms with E-state index in [0.717, 1.165) is 26.2 Å². The molecule has 2 rings (SSSR count). The van der Waals surface area contributed by atoms with Crippen molar-refractivity contribution in [2.45, 2.75) is 44.1 Å². The summed E-state index contributed by atoms with van der Waals surface area (Å²) in [4.78, 5) is 4.90. The van der Waals surface area contributed by atoms with Crippen molar-refractivity contribution in [3.8, 4) is 0 Å². The quantitative estimate of drug-likeness (QED) is 0.716. The number of ether oxygens (including phenoxy) is 1. The Morgan fingerprint density at radius 2 is 1.89 bits per heavy atom. The number of piperazine rings is 1. The van der Waals surface area contributed by atoms with Gasteiger partial charge < -0.3 is 9.64 Å². The van der Waals surface area contributed by atoms with Gasteiger partial charge in [0.1, 0.15) is 6.61 Å². The van der Waals surface area contributed by atoms with Crippen molar-refractivity contribution in [1.82, 2.24) is 9.80 Å². The van der Waals surface area contributed by atoms with Crippen molar-refractivity contribution in [3.63, 3.8) is 0 Å². The van der Waals surface area contributed by atoms with Crippen LogP contribution in [0, 0.1) is 0 Å². The molecule has 1 spiro atoms. The van der Waals surface area contributed by atoms with E-state index in [1.54, 1.807) is 0 Å². The summed E-state index contributed by atoms with van der Waals surface area (Å²) in [5.74, 6) is 0. The highest BCUT2D eigenvalue weighted by Crippen LogP contribution is 2.36. The van der Waals surface area contributed by atoms with Gasteiger partial charge in [-0.1, -0.05) is 19.3 Å². The van der Waals surface area contributed by atoms with E-state index in [-0.39, 0.29) is 5.54 Å². The number of hydrogen-bond donors (Lipinski definition) is 0. The largest absolute Gasteiger partial charge is 0.374 e. The molecule has 0 bridgehead atoms. The predicted octanol–water partition coefficient (Wildman–Crippen LogP) is 2.22. The molecule has 112 valence electrons. The highest BCUT2D eigenvalue weighted by molar-refractivity contribution is 4.98. The minimum Gasteiger partial charge on any atom is -0.374 e. The molecule has 0 N–H and O–H groups in total. The average molecular weight is 276 g/mol. The molecule has 0 aromatic rings. The van der Waals surface area contributed by atoms with E-state index in [1.807, 2.05) is 0 Å². The van der Waals surface area contributed by atoms with Gasteiger partial charge >= 0.3 is 0 Å². The lowest BCUT2D eigenvalue weighted by molar-refractivity contribution is -0.0449. The molecule has 1 saturated heterocycles. The van der Waals surface area contributed by atoms with E-state index in [1.165, 1.54) is 32.1 Å². The maximum Gasteiger partial charge on any atom is 0.261 e. The number of likely N-dealkylation sites (N-methyl/N-ethyl adjacent to an activating group) is 1. The maximum atomic E-state index is 12.1. The Labute approximate surface area is 114 Å². The van der Waals surface area contributed by atoms with Crippen molar-refractivity contribution < 1.29 is 13.5 Å². The lowest BCUT2D eigenvalue weighted by Crippen LogP contribution is -2.62. The molecule has 0 aromatic carbocycles. The smallest absolute Gasteiger partial charge is 0.261 e. The van der Waals surface area contributed by atoms with Gasteiger partial charge in [0.15, 0.2) is 0 Å². The fraction of sp³-hybridized carbons (Fsp3) is 1.00. The molecular weight excluding hydrogens is 250 g/mol. The van der Waals surface area contributed by atoms with Gasteiger partial charge in [0.25, 0.3) is 6.43 Å². The Morgan fingerprint density at radius 1 is 1.16 bits per heavy atom. The van der Waals surface area contributed by atoms with Gasteiger partial charge in [0.05, 0.1) is 6.61 Å². The van der Waals surface area contributed by atoms with Crippen molar-refractivity contribution in [2.75, 3.05) is 46.4 Å². The van der Waals surface area contributed by atoms with Gasteiger partial charge in [-0.2, -0.15) is 0 Å². The summed E-state index contributed by atoms with van der Waals surface area (Å²) in [7, 11) is 2.18. The van der Waals surface area contributed by atoms with Crippen molar-refractivity contribution in [1.29, 1.82) is 0 Å². The van der Waals surface area contributed by atoms with E-state index >= 15 is 0 Å². The van der Waals surface area contributed by atoms with Gasteiger partial charge in [-0.05, 0) is 19.9 Å². The average Bonchev–Trinajstić information content (AvgIpc) is 2.37. The second kappa shape index (κ2) is 6.95. The minimum absolute atomic E-state index is 0.277. The zero-order valence-electron chi connectivity index (χ0n) is 11.9. The van der Waals surface area contributed by atoms with Crippen LogP contribution < -0.4 is 0 Å². The molecular formula is C14H26F2N2O. The van der Waals surface area contributed by atoms with E-state index in [2.05, 4.69) is 16.8 Å². The van der Waals surface area contributed by atoms with Crippen LogP contribution in [0.3, 0.4) is 0 Å². The zero-order valence-corrected chi connectivity index (χ0v) is 11.9. The van der Waals surface area contributed by atoms with E-state index in [4.69, 9.17) is 4.74 Å². The highest BCUT2D eigenvalue weighted by Gasteiger charge is 2.40. The first-order valence-electron chi connectivity index (χ1n) is 7.42. The molecule has 1 heterocycles. The number of halogens is 2. The molecule has 2 aliphatic rings. The number of rotatable bonds is 5. The molecule has 1 saturated carbocycles. The topological polar surface area (TPSA) is 15.7 Å². The Kier molecular flexibility index (Phi) is 5.54. The molecule has 0 atom stereocenters. The molecule has 0 aromatic heterocycles. The SMILES string of the molecule is CN1CCN(CCOCC(F)F)C2(CCCCC2)C1. The number of nitrogens with zero attached hydrogens (tertiary/aromatic N) is 2. The van der Waals surface area contributed by atoms with Gasteiger partial charge in [0.2, 0.25) is 0 Å². The van der Waals surface area contributed by atoms with Crippen molar-refractivity contribution in [3.05, 3.63) is 0 Å². The summed E-state index contributed by atoms with van der Waals surface area (Å²) in [5, 5.41) is 0. The second-order valence-corrected chi connectivity index (χ2v) is 5.98. The van der Waals surface area contributed by atoms with E-state index in [0.29, 0.717) is 6.61 Å². The molecule has 0 unspecified atom stereocenters. The fourth-order valence-electron chi connectivity index (χ4n) is 3.59. The van der Waals surface area contributed by atoms with Crippen LogP contribution in [0.5, 0.6) is 0 Å². The van der Waals surface area contributed by atoms with Gasteiger partial charge in [0, 0.05) is 31.7 Å². The number of alkyl halides is 2. The molecule has 5 heteroatoms. The van der Waals surface area contributed by atoms with Crippen LogP contribution in [0.25, 0.3) is 0 Å². The van der Waals surface area contributed by atoms with Gasteiger partial charge in [-0.15, -0.1) is 0 Å². The third-order valence-electron chi connectivity index (χ3n) is 4.52. The first-order valence-corrected chi connectivity index (χ1v) is 7.42. The molecule has 1 aliphatic carbocycles. The van der Waals surface area contributed by atoms with Crippen LogP contribution in [-0.4, -0.2) is 68.2 Å². The van der Waals surface area contributed by atoms with Crippen LogP contribution >= 0.6 is 0 Å². The Bertz CT molecular complexity index is 270. The van der Waals surface area contributed by atoms with Crippen LogP contribution in [0.2, 0.25) is 0 Å². The van der Waals surface area contributed by atoms with Crippen LogP contribution in [0.15, 0.2) is 0 Å². The minimum atomic E-state index is -2.35. The monoisotopic (exact) mass is 276 g/mol. The summed E-state index contributed by atoms with van der Waals surface area (Å²) < 4.78 is 29.2. The predicted molar refractivity (Wildman–Crippen MR) is 71.7 cm³/mol. The molecule has 19 heavy (non-hydrogen) atoms. The van der Waals surface area contributed by atoms with Gasteiger partial charge in [-0.3, -0.25) is 4.90 Å². The molecule has 0 amide bonds. The Morgan fingerprint density at radius 3 is 2.58 bits per heavy atom. The molecule has 1 aliphatic heterocycles. The fourth-order valence-corrected chi connectivity index (χ4v) is 3.59. The van der Waals surface area contributed by atoms with Crippen LogP contribution in [0.1, 0.15) is 32.1 Å².